The first-order chi connectivity index (χ1) is 10.8. The zero-order chi connectivity index (χ0) is 17.0. The summed E-state index contributed by atoms with van der Waals surface area (Å²) in [6.45, 7) is 0. The summed E-state index contributed by atoms with van der Waals surface area (Å²) in [5.74, 6) is 0. The molecule has 0 fully saturated rings. The molecule has 2 rings (SSSR count). The van der Waals surface area contributed by atoms with Crippen LogP contribution < -0.4 is 5.43 Å². The highest BCUT2D eigenvalue weighted by atomic mass is 35.5. The molecular weight excluding hydrogens is 335 g/mol. The molecule has 120 valence electrons. The number of benzene rings is 2. The van der Waals surface area contributed by atoms with Crippen molar-refractivity contribution in [2.24, 2.45) is 5.10 Å². The number of hydrogen-bond acceptors (Lipinski definition) is 4. The second-order valence-electron chi connectivity index (χ2n) is 4.42. The molecule has 0 aliphatic rings. The van der Waals surface area contributed by atoms with Crippen LogP contribution in [0.2, 0.25) is 5.02 Å². The van der Waals surface area contributed by atoms with Gasteiger partial charge in [0.05, 0.1) is 22.4 Å². The van der Waals surface area contributed by atoms with E-state index >= 15 is 0 Å². The van der Waals surface area contributed by atoms with Gasteiger partial charge >= 0.3 is 6.18 Å². The maximum absolute atomic E-state index is 12.6. The number of alkyl halides is 3. The average Bonchev–Trinajstić information content (AvgIpc) is 2.48. The maximum Gasteiger partial charge on any atom is 0.416 e. The van der Waals surface area contributed by atoms with Crippen molar-refractivity contribution < 1.29 is 18.1 Å². The molecule has 23 heavy (non-hydrogen) atoms. The Morgan fingerprint density at radius 3 is 2.61 bits per heavy atom. The van der Waals surface area contributed by atoms with Crippen LogP contribution in [-0.4, -0.2) is 11.1 Å². The van der Waals surface area contributed by atoms with Gasteiger partial charge in [-0.05, 0) is 24.3 Å². The summed E-state index contributed by atoms with van der Waals surface area (Å²) in [6.07, 6.45) is -3.21. The molecule has 1 N–H and O–H groups in total. The van der Waals surface area contributed by atoms with Crippen LogP contribution in [0.3, 0.4) is 0 Å². The van der Waals surface area contributed by atoms with E-state index in [1.54, 1.807) is 0 Å². The number of nitro groups is 1. The summed E-state index contributed by atoms with van der Waals surface area (Å²) >= 11 is 5.67. The minimum Gasteiger partial charge on any atom is -0.278 e. The second-order valence-corrected chi connectivity index (χ2v) is 4.82. The second kappa shape index (κ2) is 6.66. The Balaban J connectivity index is 2.13. The van der Waals surface area contributed by atoms with Crippen LogP contribution in [0.1, 0.15) is 11.1 Å². The predicted octanol–water partition coefficient (Wildman–Crippen LogP) is 4.71. The number of hydrogen-bond donors (Lipinski definition) is 1. The Bertz CT molecular complexity index is 763. The minimum absolute atomic E-state index is 0.0158. The van der Waals surface area contributed by atoms with Crippen LogP contribution in [0.4, 0.5) is 24.5 Å². The molecule has 5 nitrogen and oxygen atoms in total. The van der Waals surface area contributed by atoms with Crippen molar-refractivity contribution in [2.75, 3.05) is 5.43 Å². The lowest BCUT2D eigenvalue weighted by Gasteiger charge is -2.08. The first kappa shape index (κ1) is 16.8. The third kappa shape index (κ3) is 4.43. The Labute approximate surface area is 133 Å². The molecule has 2 aromatic rings. The van der Waals surface area contributed by atoms with Crippen LogP contribution in [0, 0.1) is 10.1 Å². The van der Waals surface area contributed by atoms with Gasteiger partial charge in [-0.15, -0.1) is 0 Å². The van der Waals surface area contributed by atoms with Gasteiger partial charge in [0, 0.05) is 11.6 Å². The van der Waals surface area contributed by atoms with E-state index in [2.05, 4.69) is 10.5 Å². The quantitative estimate of drug-likeness (QED) is 0.496. The molecule has 9 heteroatoms. The summed E-state index contributed by atoms with van der Waals surface area (Å²) in [5.41, 5.74) is 1.86. The molecule has 0 amide bonds. The number of nitro benzene ring substituents is 1. The van der Waals surface area contributed by atoms with Crippen molar-refractivity contribution in [3.05, 3.63) is 68.7 Å². The number of anilines is 1. The summed E-state index contributed by atoms with van der Waals surface area (Å²) in [6, 6.07) is 8.54. The summed E-state index contributed by atoms with van der Waals surface area (Å²) in [4.78, 5) is 10.1. The van der Waals surface area contributed by atoms with Crippen molar-refractivity contribution in [1.29, 1.82) is 0 Å². The van der Waals surface area contributed by atoms with Gasteiger partial charge in [-0.3, -0.25) is 15.5 Å². The largest absolute Gasteiger partial charge is 0.416 e. The van der Waals surface area contributed by atoms with Gasteiger partial charge in [0.2, 0.25) is 0 Å². The van der Waals surface area contributed by atoms with E-state index < -0.39 is 16.7 Å². The molecule has 0 aliphatic heterocycles. The van der Waals surface area contributed by atoms with Gasteiger partial charge < -0.3 is 0 Å². The van der Waals surface area contributed by atoms with Gasteiger partial charge in [-0.25, -0.2) is 0 Å². The molecule has 0 saturated carbocycles. The zero-order valence-electron chi connectivity index (χ0n) is 11.3. The van der Waals surface area contributed by atoms with E-state index in [0.29, 0.717) is 5.56 Å². The van der Waals surface area contributed by atoms with Crippen molar-refractivity contribution in [2.45, 2.75) is 6.18 Å². The average molecular weight is 344 g/mol. The number of nitrogens with one attached hydrogen (secondary N) is 1. The fraction of sp³-hybridized carbons (Fsp3) is 0.0714. The molecule has 0 bridgehead atoms. The van der Waals surface area contributed by atoms with E-state index in [1.165, 1.54) is 36.5 Å². The van der Waals surface area contributed by atoms with Crippen LogP contribution in [0.5, 0.6) is 0 Å². The summed E-state index contributed by atoms with van der Waals surface area (Å²) in [5, 5.41) is 14.5. The molecule has 0 radical (unpaired) electrons. The van der Waals surface area contributed by atoms with Crippen LogP contribution in [0.15, 0.2) is 47.6 Å². The monoisotopic (exact) mass is 343 g/mol. The van der Waals surface area contributed by atoms with Crippen molar-refractivity contribution in [1.82, 2.24) is 0 Å². The van der Waals surface area contributed by atoms with Gasteiger partial charge in [0.15, 0.2) is 0 Å². The normalized spacial score (nSPS) is 11.7. The molecule has 0 aliphatic carbocycles. The third-order valence-corrected chi connectivity index (χ3v) is 3.08. The molecule has 0 aromatic heterocycles. The van der Waals surface area contributed by atoms with Gasteiger partial charge in [-0.2, -0.15) is 18.3 Å². The first-order valence-corrected chi connectivity index (χ1v) is 6.55. The van der Waals surface area contributed by atoms with Crippen LogP contribution >= 0.6 is 11.6 Å². The fourth-order valence-electron chi connectivity index (χ4n) is 1.70. The Hall–Kier alpha value is -2.61. The lowest BCUT2D eigenvalue weighted by molar-refractivity contribution is -0.384. The lowest BCUT2D eigenvalue weighted by atomic mass is 10.2. The molecule has 0 unspecified atom stereocenters. The number of halogens is 4. The number of rotatable bonds is 4. The van der Waals surface area contributed by atoms with Crippen LogP contribution in [-0.2, 0) is 6.18 Å². The topological polar surface area (TPSA) is 67.5 Å². The van der Waals surface area contributed by atoms with Crippen LogP contribution in [0.25, 0.3) is 0 Å². The highest BCUT2D eigenvalue weighted by molar-refractivity contribution is 6.32. The summed E-state index contributed by atoms with van der Waals surface area (Å²) < 4.78 is 37.7. The maximum atomic E-state index is 12.6. The Morgan fingerprint density at radius 2 is 1.96 bits per heavy atom. The SMILES string of the molecule is O=[N+]([O-])c1cc(/C=N/Nc2cccc(C(F)(F)F)c2)ccc1Cl. The van der Waals surface area contributed by atoms with E-state index in [4.69, 9.17) is 11.6 Å². The first-order valence-electron chi connectivity index (χ1n) is 6.17. The van der Waals surface area contributed by atoms with Crippen molar-refractivity contribution >= 4 is 29.2 Å². The Kier molecular flexibility index (Phi) is 4.85. The van der Waals surface area contributed by atoms with Gasteiger partial charge in [-0.1, -0.05) is 23.7 Å². The highest BCUT2D eigenvalue weighted by Gasteiger charge is 2.30. The molecule has 0 saturated heterocycles. The molecule has 0 atom stereocenters. The van der Waals surface area contributed by atoms with E-state index in [0.717, 1.165) is 12.1 Å². The van der Waals surface area contributed by atoms with Crippen molar-refractivity contribution in [3.8, 4) is 0 Å². The third-order valence-electron chi connectivity index (χ3n) is 2.76. The molecule has 0 spiro atoms. The smallest absolute Gasteiger partial charge is 0.278 e. The van der Waals surface area contributed by atoms with Gasteiger partial charge in [0.25, 0.3) is 5.69 Å². The van der Waals surface area contributed by atoms with E-state index in [-0.39, 0.29) is 16.4 Å². The van der Waals surface area contributed by atoms with E-state index in [1.807, 2.05) is 0 Å². The Morgan fingerprint density at radius 1 is 1.22 bits per heavy atom. The molecule has 2 aromatic carbocycles. The standard InChI is InChI=1S/C14H9ClF3N3O2/c15-12-5-4-9(6-13(12)21(22)23)8-19-20-11-3-1-2-10(7-11)14(16,17)18/h1-8,20H/b19-8+. The minimum atomic E-state index is -4.45. The summed E-state index contributed by atoms with van der Waals surface area (Å²) in [7, 11) is 0. The molecular formula is C14H9ClF3N3O2. The predicted molar refractivity (Wildman–Crippen MR) is 80.8 cm³/mol. The number of hydrazone groups is 1. The lowest BCUT2D eigenvalue weighted by Crippen LogP contribution is -2.05. The zero-order valence-corrected chi connectivity index (χ0v) is 12.1. The molecule has 0 heterocycles. The highest BCUT2D eigenvalue weighted by Crippen LogP contribution is 2.30. The van der Waals surface area contributed by atoms with E-state index in [9.17, 15) is 23.3 Å². The van der Waals surface area contributed by atoms with Gasteiger partial charge in [0.1, 0.15) is 5.02 Å². The van der Waals surface area contributed by atoms with Crippen molar-refractivity contribution in [3.63, 3.8) is 0 Å². The number of nitrogens with zero attached hydrogens (tertiary/aromatic N) is 2. The fourth-order valence-corrected chi connectivity index (χ4v) is 1.88.